The van der Waals surface area contributed by atoms with Crippen molar-refractivity contribution in [3.8, 4) is 0 Å². The van der Waals surface area contributed by atoms with Crippen molar-refractivity contribution in [1.29, 1.82) is 0 Å². The van der Waals surface area contributed by atoms with Gasteiger partial charge in [-0.2, -0.15) is 0 Å². The Morgan fingerprint density at radius 3 is 1.81 bits per heavy atom. The van der Waals surface area contributed by atoms with E-state index < -0.39 is 7.43 Å². The van der Waals surface area contributed by atoms with Crippen LogP contribution < -0.4 is 0 Å². The summed E-state index contributed by atoms with van der Waals surface area (Å²) in [6.07, 6.45) is 8.53. The van der Waals surface area contributed by atoms with E-state index >= 15 is 0 Å². The Kier molecular flexibility index (Phi) is 4.03. The number of hydrogen-bond acceptors (Lipinski definition) is 7. The molecule has 0 spiro atoms. The van der Waals surface area contributed by atoms with Crippen LogP contribution in [0.1, 0.15) is 38.5 Å². The van der Waals surface area contributed by atoms with Gasteiger partial charge in [-0.15, -0.1) is 0 Å². The van der Waals surface area contributed by atoms with Gasteiger partial charge in [-0.3, -0.25) is 0 Å². The summed E-state index contributed by atoms with van der Waals surface area (Å²) in [6.45, 7) is 5.47. The number of hydrogen-bond donors (Lipinski definition) is 1. The molecule has 0 saturated carbocycles. The first-order chi connectivity index (χ1) is 12.7. The first-order valence-electron chi connectivity index (χ1n) is 9.93. The van der Waals surface area contributed by atoms with Gasteiger partial charge < -0.3 is 0 Å². The topological polar surface area (TPSA) is 73.6 Å². The molecule has 0 atom stereocenters. The van der Waals surface area contributed by atoms with Crippen molar-refractivity contribution >= 4 is 18.6 Å². The van der Waals surface area contributed by atoms with E-state index in [0.29, 0.717) is 5.65 Å². The van der Waals surface area contributed by atoms with Crippen molar-refractivity contribution in [2.45, 2.75) is 38.5 Å². The summed E-state index contributed by atoms with van der Waals surface area (Å²) in [4.78, 5) is 17.7. The molecule has 8 nitrogen and oxygen atoms in total. The zero-order valence-electron chi connectivity index (χ0n) is 15.2. The van der Waals surface area contributed by atoms with Gasteiger partial charge in [0.1, 0.15) is 0 Å². The summed E-state index contributed by atoms with van der Waals surface area (Å²) in [7, 11) is -3.82. The standard InChI is InChI=1S/C17H28N7OP/c25-26(21-10-1-2-11-21,22-12-3-4-13-22,23-14-5-6-15-23)24-17-16(19-20-24)8-7-9-18-17/h7-9,25H,1-6,10-15H2. The van der Waals surface area contributed by atoms with E-state index in [1.807, 2.05) is 16.6 Å². The molecule has 2 aromatic heterocycles. The van der Waals surface area contributed by atoms with Crippen LogP contribution in [0.4, 0.5) is 0 Å². The van der Waals surface area contributed by atoms with Gasteiger partial charge in [0.25, 0.3) is 0 Å². The van der Waals surface area contributed by atoms with Crippen molar-refractivity contribution in [3.05, 3.63) is 18.3 Å². The summed E-state index contributed by atoms with van der Waals surface area (Å²) in [5, 5.41) is 8.95. The molecule has 1 N–H and O–H groups in total. The van der Waals surface area contributed by atoms with Gasteiger partial charge in [-0.25, -0.2) is 0 Å². The van der Waals surface area contributed by atoms with Crippen LogP contribution in [0.2, 0.25) is 0 Å². The van der Waals surface area contributed by atoms with Crippen LogP contribution in [-0.2, 0) is 0 Å². The molecule has 2 aromatic rings. The van der Waals surface area contributed by atoms with Crippen molar-refractivity contribution in [2.75, 3.05) is 39.3 Å². The molecule has 0 radical (unpaired) electrons. The van der Waals surface area contributed by atoms with Crippen LogP contribution in [0.5, 0.6) is 0 Å². The Morgan fingerprint density at radius 2 is 1.31 bits per heavy atom. The molecule has 9 heteroatoms. The molecule has 3 aliphatic rings. The maximum atomic E-state index is 13.1. The normalized spacial score (nSPS) is 25.2. The molecular weight excluding hydrogens is 349 g/mol. The summed E-state index contributed by atoms with van der Waals surface area (Å²) in [5.74, 6) is 0. The predicted molar refractivity (Wildman–Crippen MR) is 102 cm³/mol. The quantitative estimate of drug-likeness (QED) is 0.818. The SMILES string of the molecule is OP(N1CCCC1)(N1CCCC1)(N1CCCC1)n1nnc2cccnc21. The number of nitrogens with zero attached hydrogens (tertiary/aromatic N) is 7. The minimum atomic E-state index is -3.82. The third-order valence-electron chi connectivity index (χ3n) is 6.30. The van der Waals surface area contributed by atoms with E-state index in [0.717, 1.165) is 83.3 Å². The summed E-state index contributed by atoms with van der Waals surface area (Å²) >= 11 is 0. The molecule has 5 heterocycles. The Morgan fingerprint density at radius 1 is 0.808 bits per heavy atom. The number of pyridine rings is 1. The second kappa shape index (κ2) is 6.17. The van der Waals surface area contributed by atoms with Crippen molar-refractivity contribution in [2.24, 2.45) is 0 Å². The maximum absolute atomic E-state index is 13.1. The number of rotatable bonds is 4. The van der Waals surface area contributed by atoms with Gasteiger partial charge in [-0.05, 0) is 0 Å². The first-order valence-corrected chi connectivity index (χ1v) is 11.9. The molecule has 3 saturated heterocycles. The molecule has 0 amide bonds. The molecule has 3 fully saturated rings. The predicted octanol–water partition coefficient (Wildman–Crippen LogP) is 2.08. The van der Waals surface area contributed by atoms with E-state index in [-0.39, 0.29) is 0 Å². The van der Waals surface area contributed by atoms with Gasteiger partial charge in [-0.1, -0.05) is 0 Å². The molecule has 0 aromatic carbocycles. The Labute approximate surface area is 154 Å². The number of aromatic nitrogens is 4. The average molecular weight is 377 g/mol. The molecular formula is C17H28N7OP. The molecule has 3 aliphatic heterocycles. The third-order valence-corrected chi connectivity index (χ3v) is 11.5. The van der Waals surface area contributed by atoms with E-state index in [9.17, 15) is 4.89 Å². The van der Waals surface area contributed by atoms with Gasteiger partial charge >= 0.3 is 153 Å². The third kappa shape index (κ3) is 2.11. The van der Waals surface area contributed by atoms with Crippen molar-refractivity contribution in [1.82, 2.24) is 33.8 Å². The second-order valence-electron chi connectivity index (χ2n) is 7.70. The van der Waals surface area contributed by atoms with Gasteiger partial charge in [0, 0.05) is 0 Å². The first kappa shape index (κ1) is 17.0. The summed E-state index contributed by atoms with van der Waals surface area (Å²) < 4.78 is 8.91. The molecule has 0 unspecified atom stereocenters. The zero-order chi connectivity index (χ0) is 17.6. The van der Waals surface area contributed by atoms with Crippen LogP contribution in [0.15, 0.2) is 18.3 Å². The van der Waals surface area contributed by atoms with Gasteiger partial charge in [0.05, 0.1) is 0 Å². The van der Waals surface area contributed by atoms with Crippen molar-refractivity contribution < 1.29 is 4.89 Å². The molecule has 5 rings (SSSR count). The summed E-state index contributed by atoms with van der Waals surface area (Å²) in [6, 6.07) is 3.82. The van der Waals surface area contributed by atoms with Crippen LogP contribution in [-0.4, -0.2) is 77.9 Å². The fourth-order valence-electron chi connectivity index (χ4n) is 5.07. The Balaban J connectivity index is 1.80. The molecule has 142 valence electrons. The fourth-order valence-corrected chi connectivity index (χ4v) is 10.5. The van der Waals surface area contributed by atoms with Gasteiger partial charge in [0.15, 0.2) is 0 Å². The number of fused-ring (bicyclic) bond motifs is 1. The monoisotopic (exact) mass is 377 g/mol. The molecule has 0 aliphatic carbocycles. The summed E-state index contributed by atoms with van der Waals surface area (Å²) in [5.41, 5.74) is 1.46. The Hall–Kier alpha value is -1.18. The minimum absolute atomic E-state index is 0.707. The van der Waals surface area contributed by atoms with Gasteiger partial charge in [0.2, 0.25) is 0 Å². The van der Waals surface area contributed by atoms with Crippen LogP contribution in [0.25, 0.3) is 11.2 Å². The fraction of sp³-hybridized carbons (Fsp3) is 0.706. The molecule has 0 bridgehead atoms. The van der Waals surface area contributed by atoms with Crippen LogP contribution in [0, 0.1) is 0 Å². The Bertz CT molecular complexity index is 750. The zero-order valence-corrected chi connectivity index (χ0v) is 16.1. The molecule has 26 heavy (non-hydrogen) atoms. The average Bonchev–Trinajstić information content (AvgIpc) is 3.49. The second-order valence-corrected chi connectivity index (χ2v) is 11.6. The van der Waals surface area contributed by atoms with Crippen molar-refractivity contribution in [3.63, 3.8) is 0 Å². The van der Waals surface area contributed by atoms with E-state index in [4.69, 9.17) is 0 Å². The van der Waals surface area contributed by atoms with Crippen LogP contribution >= 0.6 is 7.43 Å². The van der Waals surface area contributed by atoms with E-state index in [1.54, 1.807) is 6.20 Å². The van der Waals surface area contributed by atoms with Crippen LogP contribution in [0.3, 0.4) is 0 Å². The van der Waals surface area contributed by atoms with E-state index in [1.165, 1.54) is 0 Å². The van der Waals surface area contributed by atoms with E-state index in [2.05, 4.69) is 29.3 Å².